The number of halogens is 2. The third-order valence-corrected chi connectivity index (χ3v) is 5.12. The Morgan fingerprint density at radius 1 is 1.09 bits per heavy atom. The van der Waals surface area contributed by atoms with E-state index >= 15 is 0 Å². The maximum atomic E-state index is 12.7. The third kappa shape index (κ3) is 2.35. The fourth-order valence-corrected chi connectivity index (χ4v) is 3.40. The lowest BCUT2D eigenvalue weighted by Crippen LogP contribution is -2.34. The zero-order valence-electron chi connectivity index (χ0n) is 12.0. The standard InChI is InChI=1S/C17H12BrClN2O2/c18-21-16(22)12-8-7-11(10-5-6-10)9-15(12)20(17(21)23)14-4-2-1-3-13(14)19/h1-4,7-10H,5-6H2. The number of hydrogen-bond donors (Lipinski definition) is 0. The van der Waals surface area contributed by atoms with Crippen molar-refractivity contribution in [1.82, 2.24) is 8.16 Å². The minimum atomic E-state index is -0.469. The predicted octanol–water partition coefficient (Wildman–Crippen LogP) is 3.84. The van der Waals surface area contributed by atoms with Gasteiger partial charge in [0.05, 0.1) is 37.8 Å². The highest BCUT2D eigenvalue weighted by atomic mass is 79.9. The minimum absolute atomic E-state index is 0.365. The zero-order chi connectivity index (χ0) is 16.1. The van der Waals surface area contributed by atoms with Crippen LogP contribution < -0.4 is 11.2 Å². The SMILES string of the molecule is O=c1c2ccc(C3CC3)cc2n(-c2ccccc2Cl)c(=O)n1Br. The van der Waals surface area contributed by atoms with E-state index < -0.39 is 5.69 Å². The van der Waals surface area contributed by atoms with Crippen LogP contribution in [0, 0.1) is 0 Å². The summed E-state index contributed by atoms with van der Waals surface area (Å²) in [5.74, 6) is 0.528. The van der Waals surface area contributed by atoms with Gasteiger partial charge in [-0.25, -0.2) is 4.79 Å². The molecule has 4 nitrogen and oxygen atoms in total. The van der Waals surface area contributed by atoms with E-state index in [0.717, 1.165) is 22.0 Å². The van der Waals surface area contributed by atoms with E-state index in [1.165, 1.54) is 4.57 Å². The topological polar surface area (TPSA) is 44.0 Å². The van der Waals surface area contributed by atoms with Gasteiger partial charge in [-0.1, -0.05) is 29.8 Å². The van der Waals surface area contributed by atoms with Gasteiger partial charge in [-0.15, -0.1) is 0 Å². The summed E-state index contributed by atoms with van der Waals surface area (Å²) in [6, 6.07) is 12.8. The second-order valence-electron chi connectivity index (χ2n) is 5.71. The summed E-state index contributed by atoms with van der Waals surface area (Å²) in [5, 5.41) is 0.935. The molecule has 1 aromatic heterocycles. The highest BCUT2D eigenvalue weighted by Gasteiger charge is 2.25. The average Bonchev–Trinajstić information content (AvgIpc) is 3.39. The first kappa shape index (κ1) is 14.7. The summed E-state index contributed by atoms with van der Waals surface area (Å²) in [5.41, 5.74) is 1.47. The highest BCUT2D eigenvalue weighted by molar-refractivity contribution is 9.08. The highest BCUT2D eigenvalue weighted by Crippen LogP contribution is 2.40. The first-order chi connectivity index (χ1) is 11.1. The molecule has 1 saturated carbocycles. The average molecular weight is 392 g/mol. The van der Waals surface area contributed by atoms with Gasteiger partial charge >= 0.3 is 5.69 Å². The third-order valence-electron chi connectivity index (χ3n) is 4.17. The van der Waals surface area contributed by atoms with Gasteiger partial charge in [0.2, 0.25) is 0 Å². The second-order valence-corrected chi connectivity index (χ2v) is 6.82. The van der Waals surface area contributed by atoms with Crippen LogP contribution >= 0.6 is 27.7 Å². The van der Waals surface area contributed by atoms with Crippen molar-refractivity contribution in [2.45, 2.75) is 18.8 Å². The summed E-state index contributed by atoms with van der Waals surface area (Å²) in [7, 11) is 0. The number of para-hydroxylation sites is 1. The van der Waals surface area contributed by atoms with Gasteiger partial charge in [-0.3, -0.25) is 9.36 Å². The van der Waals surface area contributed by atoms with Gasteiger partial charge in [0.25, 0.3) is 5.56 Å². The van der Waals surface area contributed by atoms with E-state index in [0.29, 0.717) is 27.5 Å². The summed E-state index contributed by atoms with van der Waals surface area (Å²) >= 11 is 9.34. The second kappa shape index (κ2) is 5.35. The lowest BCUT2D eigenvalue weighted by atomic mass is 10.1. The van der Waals surface area contributed by atoms with Crippen molar-refractivity contribution in [2.75, 3.05) is 0 Å². The zero-order valence-corrected chi connectivity index (χ0v) is 14.3. The molecule has 23 heavy (non-hydrogen) atoms. The molecule has 3 aromatic rings. The normalized spacial score (nSPS) is 14.3. The van der Waals surface area contributed by atoms with Gasteiger partial charge in [0.1, 0.15) is 0 Å². The van der Waals surface area contributed by atoms with E-state index in [-0.39, 0.29) is 5.56 Å². The Kier molecular flexibility index (Phi) is 3.43. The predicted molar refractivity (Wildman–Crippen MR) is 95.1 cm³/mol. The molecule has 0 atom stereocenters. The van der Waals surface area contributed by atoms with Crippen LogP contribution in [0.3, 0.4) is 0 Å². The van der Waals surface area contributed by atoms with Crippen molar-refractivity contribution >= 4 is 38.7 Å². The number of aromatic nitrogens is 2. The Labute approximate surface area is 145 Å². The molecule has 1 heterocycles. The molecule has 0 radical (unpaired) electrons. The van der Waals surface area contributed by atoms with Crippen molar-refractivity contribution in [3.05, 3.63) is 73.9 Å². The summed E-state index contributed by atoms with van der Waals surface area (Å²) in [6.07, 6.45) is 2.30. The molecule has 0 aliphatic heterocycles. The molecule has 6 heteroatoms. The molecular weight excluding hydrogens is 380 g/mol. The number of benzene rings is 2. The molecule has 2 aromatic carbocycles. The number of hydrogen-bond acceptors (Lipinski definition) is 2. The summed E-state index contributed by atoms with van der Waals surface area (Å²) in [6.45, 7) is 0. The van der Waals surface area contributed by atoms with E-state index in [9.17, 15) is 9.59 Å². The fourth-order valence-electron chi connectivity index (χ4n) is 2.83. The molecule has 116 valence electrons. The molecule has 0 amide bonds. The Balaban J connectivity index is 2.16. The molecule has 1 fully saturated rings. The first-order valence-electron chi connectivity index (χ1n) is 7.30. The monoisotopic (exact) mass is 390 g/mol. The molecule has 0 unspecified atom stereocenters. The summed E-state index contributed by atoms with van der Waals surface area (Å²) in [4.78, 5) is 25.1. The molecule has 0 spiro atoms. The van der Waals surface area contributed by atoms with Crippen molar-refractivity contribution in [1.29, 1.82) is 0 Å². The van der Waals surface area contributed by atoms with Crippen LogP contribution in [0.1, 0.15) is 24.3 Å². The van der Waals surface area contributed by atoms with Gasteiger partial charge in [-0.2, -0.15) is 3.59 Å². The van der Waals surface area contributed by atoms with Crippen molar-refractivity contribution in [2.24, 2.45) is 0 Å². The maximum Gasteiger partial charge on any atom is 0.346 e. The minimum Gasteiger partial charge on any atom is -0.268 e. The summed E-state index contributed by atoms with van der Waals surface area (Å²) < 4.78 is 2.43. The molecule has 1 aliphatic rings. The number of rotatable bonds is 2. The Morgan fingerprint density at radius 2 is 1.83 bits per heavy atom. The van der Waals surface area contributed by atoms with Crippen LogP contribution in [0.25, 0.3) is 16.6 Å². The number of nitrogens with zero attached hydrogens (tertiary/aromatic N) is 2. The van der Waals surface area contributed by atoms with Crippen LogP contribution in [-0.2, 0) is 0 Å². The molecule has 0 bridgehead atoms. The van der Waals surface area contributed by atoms with Gasteiger partial charge in [-0.05, 0) is 48.6 Å². The van der Waals surface area contributed by atoms with Crippen molar-refractivity contribution in [3.8, 4) is 5.69 Å². The van der Waals surface area contributed by atoms with Crippen molar-refractivity contribution in [3.63, 3.8) is 0 Å². The van der Waals surface area contributed by atoms with Gasteiger partial charge in [0, 0.05) is 0 Å². The first-order valence-corrected chi connectivity index (χ1v) is 8.39. The smallest absolute Gasteiger partial charge is 0.268 e. The van der Waals surface area contributed by atoms with Gasteiger partial charge < -0.3 is 0 Å². The van der Waals surface area contributed by atoms with Crippen LogP contribution in [-0.4, -0.2) is 8.16 Å². The van der Waals surface area contributed by atoms with E-state index in [1.807, 2.05) is 18.2 Å². The van der Waals surface area contributed by atoms with Crippen LogP contribution in [0.15, 0.2) is 52.1 Å². The molecule has 0 N–H and O–H groups in total. The molecule has 1 aliphatic carbocycles. The Morgan fingerprint density at radius 3 is 2.52 bits per heavy atom. The Hall–Kier alpha value is -1.85. The Bertz CT molecular complexity index is 1050. The molecule has 4 rings (SSSR count). The quantitative estimate of drug-likeness (QED) is 0.666. The van der Waals surface area contributed by atoms with E-state index in [2.05, 4.69) is 16.1 Å². The van der Waals surface area contributed by atoms with Crippen molar-refractivity contribution < 1.29 is 0 Å². The fraction of sp³-hybridized carbons (Fsp3) is 0.176. The molecule has 0 saturated heterocycles. The van der Waals surface area contributed by atoms with E-state index in [1.54, 1.807) is 24.3 Å². The lowest BCUT2D eigenvalue weighted by molar-refractivity contribution is 0.915. The number of fused-ring (bicyclic) bond motifs is 1. The van der Waals surface area contributed by atoms with Gasteiger partial charge in [0.15, 0.2) is 0 Å². The van der Waals surface area contributed by atoms with E-state index in [4.69, 9.17) is 11.6 Å². The largest absolute Gasteiger partial charge is 0.346 e. The van der Waals surface area contributed by atoms with Crippen LogP contribution in [0.2, 0.25) is 5.02 Å². The maximum absolute atomic E-state index is 12.7. The lowest BCUT2D eigenvalue weighted by Gasteiger charge is -2.13. The van der Waals surface area contributed by atoms with Crippen LogP contribution in [0.5, 0.6) is 0 Å². The molecular formula is C17H12BrClN2O2. The van der Waals surface area contributed by atoms with Crippen LogP contribution in [0.4, 0.5) is 0 Å².